The minimum atomic E-state index is -4.16. The van der Waals surface area contributed by atoms with Crippen LogP contribution in [-0.4, -0.2) is 42.1 Å². The first-order valence-electron chi connectivity index (χ1n) is 3.60. The third kappa shape index (κ3) is 3.38. The van der Waals surface area contributed by atoms with Gasteiger partial charge in [-0.25, -0.2) is 0 Å². The van der Waals surface area contributed by atoms with E-state index in [-0.39, 0.29) is 19.7 Å². The first kappa shape index (κ1) is 9.76. The number of hydrogen-bond acceptors (Lipinski definition) is 3. The third-order valence-corrected chi connectivity index (χ3v) is 1.51. The molecular weight excluding hydrogens is 175 g/mol. The van der Waals surface area contributed by atoms with Crippen LogP contribution in [0.5, 0.6) is 0 Å². The van der Waals surface area contributed by atoms with Crippen molar-refractivity contribution in [3.05, 3.63) is 0 Å². The standard InChI is InChI=1S/C6H10F3NO2/c7-6(8,9)1-2-10-3-5(11)4-12-10/h5,11H,1-4H2/t5-/m0/s1. The lowest BCUT2D eigenvalue weighted by atomic mass is 10.3. The Morgan fingerprint density at radius 2 is 2.17 bits per heavy atom. The molecule has 3 nitrogen and oxygen atoms in total. The van der Waals surface area contributed by atoms with E-state index in [0.717, 1.165) is 5.06 Å². The van der Waals surface area contributed by atoms with Gasteiger partial charge in [-0.3, -0.25) is 4.84 Å². The Morgan fingerprint density at radius 3 is 2.58 bits per heavy atom. The summed E-state index contributed by atoms with van der Waals surface area (Å²) in [6, 6.07) is 0. The Morgan fingerprint density at radius 1 is 1.50 bits per heavy atom. The van der Waals surface area contributed by atoms with Gasteiger partial charge in [0.05, 0.1) is 25.7 Å². The van der Waals surface area contributed by atoms with Gasteiger partial charge in [0.1, 0.15) is 0 Å². The molecule has 0 spiro atoms. The molecule has 0 bridgehead atoms. The maximum absolute atomic E-state index is 11.7. The molecule has 1 rings (SSSR count). The Kier molecular flexibility index (Phi) is 2.92. The molecule has 1 N–H and O–H groups in total. The first-order chi connectivity index (χ1) is 5.47. The topological polar surface area (TPSA) is 32.7 Å². The van der Waals surface area contributed by atoms with Gasteiger partial charge in [-0.15, -0.1) is 0 Å². The molecule has 1 heterocycles. The molecule has 72 valence electrons. The number of aliphatic hydroxyl groups excluding tert-OH is 1. The highest BCUT2D eigenvalue weighted by Crippen LogP contribution is 2.20. The fourth-order valence-corrected chi connectivity index (χ4v) is 0.939. The summed E-state index contributed by atoms with van der Waals surface area (Å²) in [5.41, 5.74) is 0. The SMILES string of the molecule is O[C@@H]1CON(CCC(F)(F)F)C1. The van der Waals surface area contributed by atoms with Crippen molar-refractivity contribution >= 4 is 0 Å². The summed E-state index contributed by atoms with van der Waals surface area (Å²) >= 11 is 0. The van der Waals surface area contributed by atoms with Crippen molar-refractivity contribution in [1.82, 2.24) is 5.06 Å². The zero-order chi connectivity index (χ0) is 9.19. The first-order valence-corrected chi connectivity index (χ1v) is 3.60. The second-order valence-electron chi connectivity index (χ2n) is 2.70. The van der Waals surface area contributed by atoms with E-state index in [9.17, 15) is 13.2 Å². The van der Waals surface area contributed by atoms with Crippen LogP contribution in [0, 0.1) is 0 Å². The van der Waals surface area contributed by atoms with Crippen molar-refractivity contribution in [2.75, 3.05) is 19.7 Å². The lowest BCUT2D eigenvalue weighted by molar-refractivity contribution is -0.168. The number of alkyl halides is 3. The minimum absolute atomic E-state index is 0.0951. The molecule has 1 fully saturated rings. The summed E-state index contributed by atoms with van der Waals surface area (Å²) in [4.78, 5) is 4.74. The van der Waals surface area contributed by atoms with Gasteiger partial charge < -0.3 is 5.11 Å². The Balaban J connectivity index is 2.16. The van der Waals surface area contributed by atoms with Crippen molar-refractivity contribution in [2.24, 2.45) is 0 Å². The Bertz CT molecular complexity index is 150. The van der Waals surface area contributed by atoms with Crippen LogP contribution in [0.15, 0.2) is 0 Å². The fourth-order valence-electron chi connectivity index (χ4n) is 0.939. The molecule has 0 aliphatic carbocycles. The number of β-amino-alcohol motifs (C(OH)–C–C–N with tert-alkyl or cyclic N) is 1. The quantitative estimate of drug-likeness (QED) is 0.681. The monoisotopic (exact) mass is 185 g/mol. The average Bonchev–Trinajstić information content (AvgIpc) is 2.30. The molecule has 0 radical (unpaired) electrons. The highest BCUT2D eigenvalue weighted by molar-refractivity contribution is 4.65. The van der Waals surface area contributed by atoms with E-state index in [2.05, 4.69) is 0 Å². The molecular formula is C6H10F3NO2. The molecule has 12 heavy (non-hydrogen) atoms. The summed E-state index contributed by atoms with van der Waals surface area (Å²) < 4.78 is 35.0. The molecule has 0 unspecified atom stereocenters. The van der Waals surface area contributed by atoms with E-state index < -0.39 is 18.7 Å². The van der Waals surface area contributed by atoms with Gasteiger partial charge in [0.25, 0.3) is 0 Å². The maximum Gasteiger partial charge on any atom is 0.390 e. The average molecular weight is 185 g/mol. The van der Waals surface area contributed by atoms with Crippen LogP contribution in [0.4, 0.5) is 13.2 Å². The van der Waals surface area contributed by atoms with Crippen LogP contribution in [0.3, 0.4) is 0 Å². The normalized spacial score (nSPS) is 26.5. The van der Waals surface area contributed by atoms with Crippen LogP contribution in [-0.2, 0) is 4.84 Å². The van der Waals surface area contributed by atoms with Crippen LogP contribution in [0.25, 0.3) is 0 Å². The van der Waals surface area contributed by atoms with Crippen molar-refractivity contribution in [3.63, 3.8) is 0 Å². The highest BCUT2D eigenvalue weighted by atomic mass is 19.4. The predicted molar refractivity (Wildman–Crippen MR) is 34.2 cm³/mol. The van der Waals surface area contributed by atoms with Gasteiger partial charge in [-0.2, -0.15) is 18.2 Å². The number of halogens is 3. The molecule has 0 aromatic carbocycles. The molecule has 1 atom stereocenters. The van der Waals surface area contributed by atoms with Gasteiger partial charge in [-0.1, -0.05) is 0 Å². The number of hydroxylamine groups is 2. The van der Waals surface area contributed by atoms with Gasteiger partial charge in [0.15, 0.2) is 0 Å². The van der Waals surface area contributed by atoms with Crippen molar-refractivity contribution in [1.29, 1.82) is 0 Å². The van der Waals surface area contributed by atoms with Crippen LogP contribution < -0.4 is 0 Å². The van der Waals surface area contributed by atoms with Gasteiger partial charge in [0.2, 0.25) is 0 Å². The van der Waals surface area contributed by atoms with Gasteiger partial charge in [0, 0.05) is 6.54 Å². The van der Waals surface area contributed by atoms with Gasteiger partial charge >= 0.3 is 6.18 Å². The molecule has 1 aliphatic rings. The molecule has 0 amide bonds. The smallest absolute Gasteiger partial charge is 0.389 e. The third-order valence-electron chi connectivity index (χ3n) is 1.51. The number of rotatable bonds is 2. The van der Waals surface area contributed by atoms with Crippen molar-refractivity contribution in [2.45, 2.75) is 18.7 Å². The zero-order valence-electron chi connectivity index (χ0n) is 6.34. The van der Waals surface area contributed by atoms with Crippen LogP contribution in [0.1, 0.15) is 6.42 Å². The summed E-state index contributed by atoms with van der Waals surface area (Å²) in [5.74, 6) is 0. The molecule has 6 heteroatoms. The van der Waals surface area contributed by atoms with E-state index in [4.69, 9.17) is 9.94 Å². The second-order valence-corrected chi connectivity index (χ2v) is 2.70. The zero-order valence-corrected chi connectivity index (χ0v) is 6.34. The molecule has 0 aromatic rings. The molecule has 0 saturated carbocycles. The van der Waals surface area contributed by atoms with Gasteiger partial charge in [-0.05, 0) is 0 Å². The summed E-state index contributed by atoms with van der Waals surface area (Å²) in [6.07, 6.45) is -5.71. The number of nitrogens with zero attached hydrogens (tertiary/aromatic N) is 1. The predicted octanol–water partition coefficient (Wildman–Crippen LogP) is 0.547. The van der Waals surface area contributed by atoms with Crippen molar-refractivity contribution in [3.8, 4) is 0 Å². The van der Waals surface area contributed by atoms with E-state index in [1.165, 1.54) is 0 Å². The summed E-state index contributed by atoms with van der Waals surface area (Å²) in [6.45, 7) is 0.0501. The van der Waals surface area contributed by atoms with E-state index in [0.29, 0.717) is 0 Å². The fraction of sp³-hybridized carbons (Fsp3) is 1.00. The number of hydrogen-bond donors (Lipinski definition) is 1. The molecule has 0 aromatic heterocycles. The van der Waals surface area contributed by atoms with E-state index >= 15 is 0 Å². The molecule has 1 aliphatic heterocycles. The Hall–Kier alpha value is -0.330. The summed E-state index contributed by atoms with van der Waals surface area (Å²) in [7, 11) is 0. The van der Waals surface area contributed by atoms with Crippen molar-refractivity contribution < 1.29 is 23.1 Å². The lowest BCUT2D eigenvalue weighted by Gasteiger charge is -2.14. The number of aliphatic hydroxyl groups is 1. The minimum Gasteiger partial charge on any atom is -0.389 e. The van der Waals surface area contributed by atoms with Crippen LogP contribution >= 0.6 is 0 Å². The highest BCUT2D eigenvalue weighted by Gasteiger charge is 2.30. The maximum atomic E-state index is 11.7. The van der Waals surface area contributed by atoms with Crippen LogP contribution in [0.2, 0.25) is 0 Å². The Labute approximate surface area is 67.7 Å². The largest absolute Gasteiger partial charge is 0.390 e. The lowest BCUT2D eigenvalue weighted by Crippen LogP contribution is -2.26. The molecule has 1 saturated heterocycles. The second kappa shape index (κ2) is 3.59. The van der Waals surface area contributed by atoms with E-state index in [1.54, 1.807) is 0 Å². The van der Waals surface area contributed by atoms with E-state index in [1.807, 2.05) is 0 Å². The summed E-state index contributed by atoms with van der Waals surface area (Å²) in [5, 5.41) is 10.0.